The van der Waals surface area contributed by atoms with Crippen molar-refractivity contribution in [1.82, 2.24) is 4.90 Å². The highest BCUT2D eigenvalue weighted by Crippen LogP contribution is 2.00. The highest BCUT2D eigenvalue weighted by Gasteiger charge is 2.04. The van der Waals surface area contributed by atoms with E-state index >= 15 is 0 Å². The largest absolute Gasteiger partial charge is 0.360 e. The zero-order valence-corrected chi connectivity index (χ0v) is 10.8. The van der Waals surface area contributed by atoms with E-state index < -0.39 is 0 Å². The minimum absolute atomic E-state index is 0.124. The molecule has 80 valence electrons. The predicted molar refractivity (Wildman–Crippen MR) is 58.9 cm³/mol. The van der Waals surface area contributed by atoms with Crippen LogP contribution in [0.5, 0.6) is 0 Å². The van der Waals surface area contributed by atoms with E-state index in [4.69, 9.17) is 9.47 Å². The van der Waals surface area contributed by atoms with Crippen LogP contribution in [0.3, 0.4) is 0 Å². The van der Waals surface area contributed by atoms with E-state index in [-0.39, 0.29) is 15.4 Å². The lowest BCUT2D eigenvalue weighted by Crippen LogP contribution is -2.21. The number of nitrogens with zero attached hydrogens (tertiary/aromatic N) is 1. The monoisotopic (exact) mass is 205 g/mol. The molecule has 3 nitrogen and oxygen atoms in total. The molecule has 0 radical (unpaired) electrons. The molecule has 0 N–H and O–H groups in total. The summed E-state index contributed by atoms with van der Waals surface area (Å²) >= 11 is 0. The third-order valence-corrected chi connectivity index (χ3v) is 4.12. The highest BCUT2D eigenvalue weighted by atomic mass is 28.2. The van der Waals surface area contributed by atoms with Gasteiger partial charge in [-0.05, 0) is 27.1 Å². The van der Waals surface area contributed by atoms with Gasteiger partial charge in [0.1, 0.15) is 5.91 Å². The van der Waals surface area contributed by atoms with Crippen LogP contribution in [0.25, 0.3) is 0 Å². The van der Waals surface area contributed by atoms with E-state index in [1.165, 1.54) is 25.4 Å². The smallest absolute Gasteiger partial charge is 0.134 e. The van der Waals surface area contributed by atoms with Gasteiger partial charge in [-0.1, -0.05) is 12.5 Å². The van der Waals surface area contributed by atoms with Crippen molar-refractivity contribution in [2.24, 2.45) is 0 Å². The highest BCUT2D eigenvalue weighted by molar-refractivity contribution is 6.36. The first-order valence-electron chi connectivity index (χ1n) is 4.91. The van der Waals surface area contributed by atoms with Crippen LogP contribution in [0.4, 0.5) is 0 Å². The number of ether oxygens (including phenoxy) is 2. The molecule has 0 aromatic rings. The molecule has 0 aliphatic carbocycles. The van der Waals surface area contributed by atoms with Crippen molar-refractivity contribution in [1.29, 1.82) is 0 Å². The van der Waals surface area contributed by atoms with Crippen molar-refractivity contribution in [3.8, 4) is 0 Å². The Morgan fingerprint density at radius 1 is 1.15 bits per heavy atom. The Bertz CT molecular complexity index is 108. The maximum absolute atomic E-state index is 5.16. The number of hydrogen-bond acceptors (Lipinski definition) is 3. The summed E-state index contributed by atoms with van der Waals surface area (Å²) < 4.78 is 10.3. The maximum Gasteiger partial charge on any atom is 0.134 e. The summed E-state index contributed by atoms with van der Waals surface area (Å²) in [6.45, 7) is 1.19. The molecule has 0 rings (SSSR count). The topological polar surface area (TPSA) is 21.7 Å². The second-order valence-electron chi connectivity index (χ2n) is 3.55. The molecule has 0 aromatic heterocycles. The maximum atomic E-state index is 5.16. The van der Waals surface area contributed by atoms with Crippen molar-refractivity contribution < 1.29 is 9.47 Å². The van der Waals surface area contributed by atoms with Crippen LogP contribution >= 0.6 is 0 Å². The predicted octanol–water partition coefficient (Wildman–Crippen LogP) is 0.492. The van der Waals surface area contributed by atoms with E-state index in [2.05, 4.69) is 19.0 Å². The van der Waals surface area contributed by atoms with Crippen LogP contribution < -0.4 is 0 Å². The number of hydrogen-bond donors (Lipinski definition) is 0. The molecular weight excluding hydrogens is 182 g/mol. The summed E-state index contributed by atoms with van der Waals surface area (Å²) in [5, 5.41) is 0. The van der Waals surface area contributed by atoms with Crippen molar-refractivity contribution in [2.45, 2.75) is 24.8 Å². The van der Waals surface area contributed by atoms with E-state index in [0.717, 1.165) is 0 Å². The fourth-order valence-corrected chi connectivity index (χ4v) is 2.69. The van der Waals surface area contributed by atoms with Gasteiger partial charge in [0.25, 0.3) is 0 Å². The van der Waals surface area contributed by atoms with Crippen LogP contribution in [-0.2, 0) is 9.47 Å². The molecule has 0 atom stereocenters. The minimum Gasteiger partial charge on any atom is -0.360 e. The quantitative estimate of drug-likeness (QED) is 0.327. The van der Waals surface area contributed by atoms with Crippen LogP contribution in [0.15, 0.2) is 0 Å². The minimum atomic E-state index is -0.183. The molecule has 0 aliphatic rings. The molecule has 0 amide bonds. The summed E-state index contributed by atoms with van der Waals surface area (Å²) in [7, 11) is 7.50. The standard InChI is InChI=1S/C9H23NO2Si/c1-10(2)7-5-6-8-13-9(11-3)12-4/h9H,5-8,13H2,1-4H3. The van der Waals surface area contributed by atoms with Crippen molar-refractivity contribution in [3.05, 3.63) is 0 Å². The second kappa shape index (κ2) is 8.68. The molecule has 13 heavy (non-hydrogen) atoms. The molecule has 0 spiro atoms. The van der Waals surface area contributed by atoms with Gasteiger partial charge in [0, 0.05) is 14.2 Å². The molecule has 0 bridgehead atoms. The van der Waals surface area contributed by atoms with Gasteiger partial charge in [-0.25, -0.2) is 0 Å². The van der Waals surface area contributed by atoms with E-state index in [1.807, 2.05) is 0 Å². The molecular formula is C9H23NO2Si. The van der Waals surface area contributed by atoms with Gasteiger partial charge in [-0.3, -0.25) is 0 Å². The third kappa shape index (κ3) is 8.43. The van der Waals surface area contributed by atoms with Gasteiger partial charge >= 0.3 is 0 Å². The van der Waals surface area contributed by atoms with Gasteiger partial charge in [-0.2, -0.15) is 0 Å². The second-order valence-corrected chi connectivity index (χ2v) is 5.50. The first-order chi connectivity index (χ1) is 6.20. The lowest BCUT2D eigenvalue weighted by molar-refractivity contribution is -0.0441. The molecule has 0 unspecified atom stereocenters. The molecule has 0 heterocycles. The zero-order valence-electron chi connectivity index (χ0n) is 9.38. The number of unbranched alkanes of at least 4 members (excludes halogenated alkanes) is 1. The van der Waals surface area contributed by atoms with Gasteiger partial charge in [0.2, 0.25) is 0 Å². The third-order valence-electron chi connectivity index (χ3n) is 2.07. The first kappa shape index (κ1) is 13.1. The van der Waals surface area contributed by atoms with E-state index in [0.29, 0.717) is 0 Å². The van der Waals surface area contributed by atoms with Crippen LogP contribution in [-0.4, -0.2) is 55.2 Å². The van der Waals surface area contributed by atoms with Gasteiger partial charge in [-0.15, -0.1) is 0 Å². The Morgan fingerprint density at radius 2 is 1.77 bits per heavy atom. The average molecular weight is 205 g/mol. The normalized spacial score (nSPS) is 12.5. The number of methoxy groups -OCH3 is 2. The molecule has 0 saturated carbocycles. The summed E-state index contributed by atoms with van der Waals surface area (Å²) in [6.07, 6.45) is 2.60. The van der Waals surface area contributed by atoms with Crippen molar-refractivity contribution in [2.75, 3.05) is 34.9 Å². The van der Waals surface area contributed by atoms with Crippen molar-refractivity contribution in [3.63, 3.8) is 0 Å². The van der Waals surface area contributed by atoms with E-state index in [1.54, 1.807) is 14.2 Å². The van der Waals surface area contributed by atoms with Crippen molar-refractivity contribution >= 4 is 9.52 Å². The fourth-order valence-electron chi connectivity index (χ4n) is 1.25. The van der Waals surface area contributed by atoms with Crippen LogP contribution in [0.2, 0.25) is 6.04 Å². The number of rotatable bonds is 8. The fraction of sp³-hybridized carbons (Fsp3) is 1.00. The summed E-state index contributed by atoms with van der Waals surface area (Å²) in [5.41, 5.74) is 0. The lowest BCUT2D eigenvalue weighted by Gasteiger charge is -2.13. The Hall–Kier alpha value is 0.0969. The Morgan fingerprint density at radius 3 is 2.23 bits per heavy atom. The average Bonchev–Trinajstić information content (AvgIpc) is 2.11. The lowest BCUT2D eigenvalue weighted by atomic mass is 10.3. The molecule has 0 aromatic carbocycles. The summed E-state index contributed by atoms with van der Waals surface area (Å²) in [5.74, 6) is 0.124. The summed E-state index contributed by atoms with van der Waals surface area (Å²) in [6, 6.07) is 1.32. The molecule has 0 fully saturated rings. The van der Waals surface area contributed by atoms with E-state index in [9.17, 15) is 0 Å². The van der Waals surface area contributed by atoms with Gasteiger partial charge in [0.15, 0.2) is 0 Å². The zero-order chi connectivity index (χ0) is 10.1. The van der Waals surface area contributed by atoms with Crippen LogP contribution in [0, 0.1) is 0 Å². The van der Waals surface area contributed by atoms with Crippen LogP contribution in [0.1, 0.15) is 12.8 Å². The Balaban J connectivity index is 3.14. The Labute approximate surface area is 84.2 Å². The first-order valence-corrected chi connectivity index (χ1v) is 6.72. The van der Waals surface area contributed by atoms with Gasteiger partial charge in [0.05, 0.1) is 9.52 Å². The molecule has 0 saturated heterocycles. The summed E-state index contributed by atoms with van der Waals surface area (Å²) in [4.78, 5) is 2.23. The van der Waals surface area contributed by atoms with Gasteiger partial charge < -0.3 is 14.4 Å². The SMILES string of the molecule is COC(OC)[SiH2]CCCCN(C)C. The Kier molecular flexibility index (Phi) is 8.75. The molecule has 4 heteroatoms. The molecule has 0 aliphatic heterocycles.